The highest BCUT2D eigenvalue weighted by Crippen LogP contribution is 2.26. The van der Waals surface area contributed by atoms with Gasteiger partial charge in [-0.15, -0.1) is 0 Å². The SMILES string of the molecule is COCCN(CC=C(C)C(=O)OC)C1CC1. The average molecular weight is 227 g/mol. The first-order chi connectivity index (χ1) is 7.69. The third kappa shape index (κ3) is 4.33. The molecule has 1 fully saturated rings. The zero-order chi connectivity index (χ0) is 12.0. The first kappa shape index (κ1) is 13.2. The van der Waals surface area contributed by atoms with Gasteiger partial charge in [0.15, 0.2) is 0 Å². The molecular formula is C12H21NO3. The highest BCUT2D eigenvalue weighted by Gasteiger charge is 2.27. The number of nitrogens with zero attached hydrogens (tertiary/aromatic N) is 1. The lowest BCUT2D eigenvalue weighted by Gasteiger charge is -2.19. The third-order valence-electron chi connectivity index (χ3n) is 2.79. The van der Waals surface area contributed by atoms with E-state index in [4.69, 9.17) is 4.74 Å². The summed E-state index contributed by atoms with van der Waals surface area (Å²) in [5.74, 6) is -0.248. The molecule has 0 aromatic rings. The molecule has 1 aliphatic rings. The number of methoxy groups -OCH3 is 2. The average Bonchev–Trinajstić information content (AvgIpc) is 3.11. The number of carbonyl (C=O) groups excluding carboxylic acids is 1. The normalized spacial score (nSPS) is 16.6. The van der Waals surface area contributed by atoms with Crippen molar-refractivity contribution in [3.63, 3.8) is 0 Å². The van der Waals surface area contributed by atoms with Gasteiger partial charge in [-0.2, -0.15) is 0 Å². The number of ether oxygens (including phenoxy) is 2. The summed E-state index contributed by atoms with van der Waals surface area (Å²) in [5, 5.41) is 0. The number of hydrogen-bond donors (Lipinski definition) is 0. The molecule has 92 valence electrons. The second kappa shape index (κ2) is 6.66. The number of esters is 1. The van der Waals surface area contributed by atoms with Crippen molar-refractivity contribution in [2.24, 2.45) is 0 Å². The first-order valence-corrected chi connectivity index (χ1v) is 5.67. The van der Waals surface area contributed by atoms with E-state index in [0.717, 1.165) is 19.7 Å². The van der Waals surface area contributed by atoms with Crippen molar-refractivity contribution >= 4 is 5.97 Å². The van der Waals surface area contributed by atoms with Crippen LogP contribution in [0.1, 0.15) is 19.8 Å². The Morgan fingerprint density at radius 1 is 1.44 bits per heavy atom. The van der Waals surface area contributed by atoms with Crippen LogP contribution in [0.25, 0.3) is 0 Å². The minimum absolute atomic E-state index is 0.248. The van der Waals surface area contributed by atoms with E-state index in [1.807, 2.05) is 6.08 Å². The number of rotatable bonds is 7. The molecule has 0 amide bonds. The van der Waals surface area contributed by atoms with Gasteiger partial charge in [-0.25, -0.2) is 4.79 Å². The highest BCUT2D eigenvalue weighted by atomic mass is 16.5. The zero-order valence-electron chi connectivity index (χ0n) is 10.4. The number of carbonyl (C=O) groups is 1. The quantitative estimate of drug-likeness (QED) is 0.484. The van der Waals surface area contributed by atoms with Crippen LogP contribution in [0.5, 0.6) is 0 Å². The van der Waals surface area contributed by atoms with Gasteiger partial charge in [0.2, 0.25) is 0 Å². The van der Waals surface area contributed by atoms with Gasteiger partial charge in [-0.05, 0) is 19.8 Å². The minimum atomic E-state index is -0.248. The van der Waals surface area contributed by atoms with E-state index in [0.29, 0.717) is 11.6 Å². The fourth-order valence-electron chi connectivity index (χ4n) is 1.57. The van der Waals surface area contributed by atoms with Gasteiger partial charge >= 0.3 is 5.97 Å². The Morgan fingerprint density at radius 2 is 2.12 bits per heavy atom. The maximum atomic E-state index is 11.2. The summed E-state index contributed by atoms with van der Waals surface area (Å²) in [4.78, 5) is 13.5. The molecule has 0 N–H and O–H groups in total. The maximum absolute atomic E-state index is 11.2. The van der Waals surface area contributed by atoms with Crippen molar-refractivity contribution < 1.29 is 14.3 Å². The van der Waals surface area contributed by atoms with Crippen molar-refractivity contribution in [1.29, 1.82) is 0 Å². The first-order valence-electron chi connectivity index (χ1n) is 5.67. The van der Waals surface area contributed by atoms with E-state index in [2.05, 4.69) is 9.64 Å². The molecule has 0 radical (unpaired) electrons. The van der Waals surface area contributed by atoms with E-state index >= 15 is 0 Å². The van der Waals surface area contributed by atoms with E-state index < -0.39 is 0 Å². The van der Waals surface area contributed by atoms with Crippen LogP contribution in [0.15, 0.2) is 11.6 Å². The Kier molecular flexibility index (Phi) is 5.49. The van der Waals surface area contributed by atoms with Crippen LogP contribution in [0, 0.1) is 0 Å². The molecule has 0 aliphatic heterocycles. The highest BCUT2D eigenvalue weighted by molar-refractivity contribution is 5.87. The maximum Gasteiger partial charge on any atom is 0.333 e. The summed E-state index contributed by atoms with van der Waals surface area (Å²) in [6, 6.07) is 0.678. The van der Waals surface area contributed by atoms with Crippen molar-refractivity contribution in [1.82, 2.24) is 4.90 Å². The van der Waals surface area contributed by atoms with Crippen LogP contribution in [-0.4, -0.2) is 50.8 Å². The Morgan fingerprint density at radius 3 is 2.62 bits per heavy atom. The number of hydrogen-bond acceptors (Lipinski definition) is 4. The monoisotopic (exact) mass is 227 g/mol. The molecule has 1 saturated carbocycles. The Balaban J connectivity index is 2.39. The largest absolute Gasteiger partial charge is 0.466 e. The molecule has 0 spiro atoms. The van der Waals surface area contributed by atoms with Gasteiger partial charge in [0.1, 0.15) is 0 Å². The summed E-state index contributed by atoms with van der Waals surface area (Å²) < 4.78 is 9.72. The molecule has 0 saturated heterocycles. The van der Waals surface area contributed by atoms with Gasteiger partial charge in [0.05, 0.1) is 13.7 Å². The van der Waals surface area contributed by atoms with Crippen LogP contribution < -0.4 is 0 Å². The summed E-state index contributed by atoms with van der Waals surface area (Å²) in [6.07, 6.45) is 4.45. The summed E-state index contributed by atoms with van der Waals surface area (Å²) in [7, 11) is 3.11. The topological polar surface area (TPSA) is 38.8 Å². The predicted octanol–water partition coefficient (Wildman–Crippen LogP) is 1.22. The van der Waals surface area contributed by atoms with E-state index in [-0.39, 0.29) is 5.97 Å². The lowest BCUT2D eigenvalue weighted by Crippen LogP contribution is -2.30. The molecule has 0 aromatic carbocycles. The molecule has 0 unspecified atom stereocenters. The second-order valence-electron chi connectivity index (χ2n) is 4.10. The summed E-state index contributed by atoms with van der Waals surface area (Å²) >= 11 is 0. The molecule has 0 atom stereocenters. The van der Waals surface area contributed by atoms with Crippen molar-refractivity contribution in [3.8, 4) is 0 Å². The minimum Gasteiger partial charge on any atom is -0.466 e. The molecule has 0 aromatic heterocycles. The standard InChI is InChI=1S/C12H21NO3/c1-10(12(14)16-3)6-7-13(8-9-15-2)11-4-5-11/h6,11H,4-5,7-9H2,1-3H3. The molecule has 0 heterocycles. The van der Waals surface area contributed by atoms with Crippen LogP contribution in [-0.2, 0) is 14.3 Å². The van der Waals surface area contributed by atoms with Crippen LogP contribution in [0.3, 0.4) is 0 Å². The Labute approximate surface area is 97.2 Å². The van der Waals surface area contributed by atoms with Crippen LogP contribution in [0.2, 0.25) is 0 Å². The summed E-state index contributed by atoms with van der Waals surface area (Å²) in [6.45, 7) is 4.25. The zero-order valence-corrected chi connectivity index (χ0v) is 10.4. The summed E-state index contributed by atoms with van der Waals surface area (Å²) in [5.41, 5.74) is 0.672. The lowest BCUT2D eigenvalue weighted by atomic mass is 10.2. The van der Waals surface area contributed by atoms with Gasteiger partial charge in [0.25, 0.3) is 0 Å². The van der Waals surface area contributed by atoms with Gasteiger partial charge in [-0.3, -0.25) is 4.90 Å². The van der Waals surface area contributed by atoms with Crippen molar-refractivity contribution in [2.75, 3.05) is 33.9 Å². The molecule has 0 bridgehead atoms. The molecule has 16 heavy (non-hydrogen) atoms. The van der Waals surface area contributed by atoms with Gasteiger partial charge in [-0.1, -0.05) is 6.08 Å². The lowest BCUT2D eigenvalue weighted by molar-refractivity contribution is -0.136. The van der Waals surface area contributed by atoms with Gasteiger partial charge in [0, 0.05) is 31.8 Å². The molecule has 1 rings (SSSR count). The smallest absolute Gasteiger partial charge is 0.333 e. The van der Waals surface area contributed by atoms with Gasteiger partial charge < -0.3 is 9.47 Å². The predicted molar refractivity (Wildman–Crippen MR) is 62.2 cm³/mol. The molecule has 4 heteroatoms. The fraction of sp³-hybridized carbons (Fsp3) is 0.750. The van der Waals surface area contributed by atoms with Crippen molar-refractivity contribution in [3.05, 3.63) is 11.6 Å². The molecular weight excluding hydrogens is 206 g/mol. The molecule has 4 nitrogen and oxygen atoms in total. The Bertz CT molecular complexity index is 259. The fourth-order valence-corrected chi connectivity index (χ4v) is 1.57. The van der Waals surface area contributed by atoms with Crippen molar-refractivity contribution in [2.45, 2.75) is 25.8 Å². The second-order valence-corrected chi connectivity index (χ2v) is 4.10. The third-order valence-corrected chi connectivity index (χ3v) is 2.79. The molecule has 1 aliphatic carbocycles. The van der Waals surface area contributed by atoms with E-state index in [9.17, 15) is 4.79 Å². The van der Waals surface area contributed by atoms with E-state index in [1.54, 1.807) is 14.0 Å². The van der Waals surface area contributed by atoms with E-state index in [1.165, 1.54) is 20.0 Å². The Hall–Kier alpha value is -0.870. The van der Waals surface area contributed by atoms with Crippen LogP contribution in [0.4, 0.5) is 0 Å². The van der Waals surface area contributed by atoms with Crippen LogP contribution >= 0.6 is 0 Å².